The fourth-order valence-electron chi connectivity index (χ4n) is 1.85. The van der Waals surface area contributed by atoms with Crippen LogP contribution < -0.4 is 5.56 Å². The van der Waals surface area contributed by atoms with Gasteiger partial charge in [0.25, 0.3) is 5.56 Å². The second-order valence-corrected chi connectivity index (χ2v) is 5.62. The molecule has 2 heterocycles. The Balaban J connectivity index is 2.71. The second kappa shape index (κ2) is 4.67. The van der Waals surface area contributed by atoms with E-state index in [2.05, 4.69) is 39.7 Å². The van der Waals surface area contributed by atoms with Crippen LogP contribution in [-0.4, -0.2) is 15.3 Å². The molecule has 0 saturated heterocycles. The molecule has 0 saturated carbocycles. The van der Waals surface area contributed by atoms with Crippen LogP contribution in [0.5, 0.6) is 0 Å². The number of aromatic amines is 1. The first-order chi connectivity index (χ1) is 7.67. The summed E-state index contributed by atoms with van der Waals surface area (Å²) in [7, 11) is 0. The van der Waals surface area contributed by atoms with Gasteiger partial charge in [0.2, 0.25) is 0 Å². The number of fused-ring (bicyclic) bond motifs is 1. The van der Waals surface area contributed by atoms with E-state index < -0.39 is 0 Å². The molecule has 0 aromatic carbocycles. The normalized spacial score (nSPS) is 11.2. The van der Waals surface area contributed by atoms with Gasteiger partial charge in [0.05, 0.1) is 5.39 Å². The summed E-state index contributed by atoms with van der Waals surface area (Å²) in [6.07, 6.45) is 1.64. The molecule has 0 aliphatic rings. The molecule has 0 aliphatic heterocycles. The van der Waals surface area contributed by atoms with Crippen LogP contribution in [-0.2, 0) is 12.8 Å². The molecule has 2 aromatic heterocycles. The van der Waals surface area contributed by atoms with Crippen LogP contribution in [0.2, 0.25) is 0 Å². The van der Waals surface area contributed by atoms with E-state index in [1.807, 2.05) is 0 Å². The van der Waals surface area contributed by atoms with E-state index in [1.54, 1.807) is 11.3 Å². The van der Waals surface area contributed by atoms with Gasteiger partial charge in [-0.1, -0.05) is 22.9 Å². The van der Waals surface area contributed by atoms with Crippen molar-refractivity contribution in [2.24, 2.45) is 0 Å². The Morgan fingerprint density at radius 3 is 2.88 bits per heavy atom. The highest BCUT2D eigenvalue weighted by Gasteiger charge is 2.13. The third-order valence-corrected chi connectivity index (χ3v) is 4.03. The van der Waals surface area contributed by atoms with Crippen molar-refractivity contribution < 1.29 is 0 Å². The minimum atomic E-state index is 0.00199. The van der Waals surface area contributed by atoms with Crippen molar-refractivity contribution in [3.05, 3.63) is 26.6 Å². The fourth-order valence-corrected chi connectivity index (χ4v) is 3.36. The zero-order valence-electron chi connectivity index (χ0n) is 9.26. The molecule has 3 nitrogen and oxygen atoms in total. The van der Waals surface area contributed by atoms with Crippen LogP contribution in [0, 0.1) is 6.92 Å². The summed E-state index contributed by atoms with van der Waals surface area (Å²) in [4.78, 5) is 21.4. The van der Waals surface area contributed by atoms with Gasteiger partial charge in [-0.2, -0.15) is 0 Å². The quantitative estimate of drug-likeness (QED) is 0.886. The zero-order valence-corrected chi connectivity index (χ0v) is 11.7. The molecule has 0 amide bonds. The second-order valence-electron chi connectivity index (χ2n) is 3.62. The molecule has 1 N–H and O–H groups in total. The molecule has 16 heavy (non-hydrogen) atoms. The molecule has 2 rings (SSSR count). The Labute approximate surface area is 106 Å². The van der Waals surface area contributed by atoms with Crippen LogP contribution in [0.4, 0.5) is 0 Å². The average Bonchev–Trinajstić information content (AvgIpc) is 2.54. The standard InChI is InChI=1S/C11H13BrN2OS/c1-3-7-6(2)16-11-9(7)10(15)13-8(14-11)4-5-12/h3-5H2,1-2H3,(H,13,14,15). The Bertz CT molecular complexity index is 573. The number of halogens is 1. The number of hydrogen-bond acceptors (Lipinski definition) is 3. The molecule has 0 spiro atoms. The topological polar surface area (TPSA) is 45.8 Å². The third-order valence-electron chi connectivity index (χ3n) is 2.60. The molecule has 0 bridgehead atoms. The van der Waals surface area contributed by atoms with Gasteiger partial charge in [0.1, 0.15) is 10.7 Å². The SMILES string of the molecule is CCc1c(C)sc2nc(CCBr)[nH]c(=O)c12. The molecule has 2 aromatic rings. The summed E-state index contributed by atoms with van der Waals surface area (Å²) in [5.74, 6) is 0.762. The first-order valence-electron chi connectivity index (χ1n) is 5.24. The summed E-state index contributed by atoms with van der Waals surface area (Å²) < 4.78 is 0. The molecule has 0 aliphatic carbocycles. The van der Waals surface area contributed by atoms with Crippen molar-refractivity contribution in [2.75, 3.05) is 5.33 Å². The summed E-state index contributed by atoms with van der Waals surface area (Å²) in [5.41, 5.74) is 1.14. The Morgan fingerprint density at radius 2 is 2.25 bits per heavy atom. The first kappa shape index (κ1) is 11.8. The highest BCUT2D eigenvalue weighted by atomic mass is 79.9. The van der Waals surface area contributed by atoms with Gasteiger partial charge in [-0.3, -0.25) is 4.79 Å². The van der Waals surface area contributed by atoms with Gasteiger partial charge in [0, 0.05) is 16.6 Å². The minimum Gasteiger partial charge on any atom is -0.310 e. The molecule has 0 radical (unpaired) electrons. The largest absolute Gasteiger partial charge is 0.310 e. The summed E-state index contributed by atoms with van der Waals surface area (Å²) in [6, 6.07) is 0. The Kier molecular flexibility index (Phi) is 3.44. The number of hydrogen-bond donors (Lipinski definition) is 1. The van der Waals surface area contributed by atoms with Crippen molar-refractivity contribution in [3.8, 4) is 0 Å². The molecular weight excluding hydrogens is 288 g/mol. The molecule has 0 unspecified atom stereocenters. The van der Waals surface area contributed by atoms with Crippen molar-refractivity contribution in [1.82, 2.24) is 9.97 Å². The van der Waals surface area contributed by atoms with Crippen molar-refractivity contribution >= 4 is 37.5 Å². The molecule has 5 heteroatoms. The van der Waals surface area contributed by atoms with E-state index in [-0.39, 0.29) is 5.56 Å². The van der Waals surface area contributed by atoms with Crippen molar-refractivity contribution in [3.63, 3.8) is 0 Å². The predicted molar refractivity (Wildman–Crippen MR) is 71.9 cm³/mol. The lowest BCUT2D eigenvalue weighted by Crippen LogP contribution is -2.12. The third kappa shape index (κ3) is 1.94. The Hall–Kier alpha value is -0.680. The summed E-state index contributed by atoms with van der Waals surface area (Å²) in [6.45, 7) is 4.12. The lowest BCUT2D eigenvalue weighted by atomic mass is 10.1. The van der Waals surface area contributed by atoms with Crippen LogP contribution in [0.3, 0.4) is 0 Å². The van der Waals surface area contributed by atoms with E-state index in [0.29, 0.717) is 0 Å². The number of H-pyrrole nitrogens is 1. The summed E-state index contributed by atoms with van der Waals surface area (Å²) in [5, 5.41) is 1.59. The molecule has 86 valence electrons. The minimum absolute atomic E-state index is 0.00199. The highest BCUT2D eigenvalue weighted by Crippen LogP contribution is 2.27. The van der Waals surface area contributed by atoms with E-state index in [1.165, 1.54) is 4.88 Å². The van der Waals surface area contributed by atoms with Crippen LogP contribution in [0.25, 0.3) is 10.2 Å². The maximum absolute atomic E-state index is 12.0. The smallest absolute Gasteiger partial charge is 0.259 e. The van der Waals surface area contributed by atoms with Gasteiger partial charge in [0.15, 0.2) is 0 Å². The number of nitrogens with one attached hydrogen (secondary N) is 1. The average molecular weight is 301 g/mol. The number of alkyl halides is 1. The van der Waals surface area contributed by atoms with Gasteiger partial charge >= 0.3 is 0 Å². The van der Waals surface area contributed by atoms with Crippen LogP contribution >= 0.6 is 27.3 Å². The molecule has 0 atom stereocenters. The highest BCUT2D eigenvalue weighted by molar-refractivity contribution is 9.09. The Morgan fingerprint density at radius 1 is 1.50 bits per heavy atom. The number of thiophene rings is 1. The maximum Gasteiger partial charge on any atom is 0.259 e. The lowest BCUT2D eigenvalue weighted by Gasteiger charge is -1.98. The van der Waals surface area contributed by atoms with Crippen molar-refractivity contribution in [2.45, 2.75) is 26.7 Å². The van der Waals surface area contributed by atoms with Gasteiger partial charge in [-0.25, -0.2) is 4.98 Å². The van der Waals surface area contributed by atoms with Crippen LogP contribution in [0.1, 0.15) is 23.2 Å². The number of aromatic nitrogens is 2. The van der Waals surface area contributed by atoms with Gasteiger partial charge < -0.3 is 4.98 Å². The summed E-state index contributed by atoms with van der Waals surface area (Å²) >= 11 is 4.96. The van der Waals surface area contributed by atoms with Gasteiger partial charge in [-0.15, -0.1) is 11.3 Å². The fraction of sp³-hybridized carbons (Fsp3) is 0.455. The number of aryl methyl sites for hydroxylation is 3. The van der Waals surface area contributed by atoms with E-state index in [9.17, 15) is 4.79 Å². The van der Waals surface area contributed by atoms with Gasteiger partial charge in [-0.05, 0) is 18.9 Å². The molecule has 0 fully saturated rings. The maximum atomic E-state index is 12.0. The van der Waals surface area contributed by atoms with Crippen LogP contribution in [0.15, 0.2) is 4.79 Å². The zero-order chi connectivity index (χ0) is 11.7. The lowest BCUT2D eigenvalue weighted by molar-refractivity contribution is 0.958. The predicted octanol–water partition coefficient (Wildman–Crippen LogP) is 2.79. The molecular formula is C11H13BrN2OS. The van der Waals surface area contributed by atoms with E-state index >= 15 is 0 Å². The monoisotopic (exact) mass is 300 g/mol. The van der Waals surface area contributed by atoms with E-state index in [0.717, 1.165) is 39.8 Å². The first-order valence-corrected chi connectivity index (χ1v) is 7.18. The van der Waals surface area contributed by atoms with E-state index in [4.69, 9.17) is 0 Å². The number of nitrogens with zero attached hydrogens (tertiary/aromatic N) is 1. The number of rotatable bonds is 3. The van der Waals surface area contributed by atoms with Crippen molar-refractivity contribution in [1.29, 1.82) is 0 Å².